The highest BCUT2D eigenvalue weighted by Gasteiger charge is 2.17. The lowest BCUT2D eigenvalue weighted by atomic mass is 10.2. The number of ether oxygens (including phenoxy) is 1. The van der Waals surface area contributed by atoms with E-state index in [0.717, 1.165) is 27.7 Å². The maximum absolute atomic E-state index is 14.3. The van der Waals surface area contributed by atoms with Crippen LogP contribution in [0.1, 0.15) is 22.4 Å². The van der Waals surface area contributed by atoms with Gasteiger partial charge in [-0.1, -0.05) is 42.1 Å². The van der Waals surface area contributed by atoms with Crippen LogP contribution in [0.4, 0.5) is 4.39 Å². The Hall–Kier alpha value is -2.79. The molecule has 0 aliphatic rings. The standard InChI is InChI=1S/C24H23FN2OS/c1-16-17(2)27(14-19-6-4-5-7-22(19)25)23-21(16)12-13-26-24(23)29-15-18-8-10-20(28-3)11-9-18/h4-13H,14-15H2,1-3H3. The summed E-state index contributed by atoms with van der Waals surface area (Å²) in [7, 11) is 1.67. The molecular weight excluding hydrogens is 383 g/mol. The first-order valence-corrected chi connectivity index (χ1v) is 10.5. The fourth-order valence-electron chi connectivity index (χ4n) is 3.54. The summed E-state index contributed by atoms with van der Waals surface area (Å²) in [5.41, 5.74) is 5.31. The van der Waals surface area contributed by atoms with Crippen molar-refractivity contribution >= 4 is 22.7 Å². The quantitative estimate of drug-likeness (QED) is 0.360. The van der Waals surface area contributed by atoms with Gasteiger partial charge in [0.1, 0.15) is 16.6 Å². The Bertz CT molecular complexity index is 1150. The maximum atomic E-state index is 14.3. The Labute approximate surface area is 174 Å². The summed E-state index contributed by atoms with van der Waals surface area (Å²) in [5.74, 6) is 1.48. The Morgan fingerprint density at radius 2 is 1.79 bits per heavy atom. The number of halogens is 1. The fourth-order valence-corrected chi connectivity index (χ4v) is 4.53. The molecule has 148 valence electrons. The van der Waals surface area contributed by atoms with Crippen LogP contribution in [0.15, 0.2) is 65.8 Å². The van der Waals surface area contributed by atoms with E-state index in [1.54, 1.807) is 24.9 Å². The summed E-state index contributed by atoms with van der Waals surface area (Å²) in [4.78, 5) is 4.66. The largest absolute Gasteiger partial charge is 0.497 e. The monoisotopic (exact) mass is 406 g/mol. The molecule has 2 heterocycles. The average molecular weight is 407 g/mol. The highest BCUT2D eigenvalue weighted by molar-refractivity contribution is 7.98. The molecule has 5 heteroatoms. The minimum Gasteiger partial charge on any atom is -0.497 e. The number of aryl methyl sites for hydroxylation is 1. The van der Waals surface area contributed by atoms with Crippen molar-refractivity contribution < 1.29 is 9.13 Å². The summed E-state index contributed by atoms with van der Waals surface area (Å²) in [6.45, 7) is 4.70. The third-order valence-electron chi connectivity index (χ3n) is 5.33. The second-order valence-electron chi connectivity index (χ2n) is 7.04. The predicted molar refractivity (Wildman–Crippen MR) is 117 cm³/mol. The van der Waals surface area contributed by atoms with Gasteiger partial charge < -0.3 is 9.30 Å². The molecule has 0 spiro atoms. The highest BCUT2D eigenvalue weighted by Crippen LogP contribution is 2.34. The van der Waals surface area contributed by atoms with E-state index < -0.39 is 0 Å². The molecular formula is C24H23FN2OS. The summed E-state index contributed by atoms with van der Waals surface area (Å²) in [6.07, 6.45) is 1.86. The highest BCUT2D eigenvalue weighted by atomic mass is 32.2. The van der Waals surface area contributed by atoms with E-state index in [1.165, 1.54) is 22.6 Å². The molecule has 4 rings (SSSR count). The molecule has 0 aliphatic heterocycles. The number of benzene rings is 2. The predicted octanol–water partition coefficient (Wildman–Crippen LogP) is 6.14. The van der Waals surface area contributed by atoms with Gasteiger partial charge in [0.2, 0.25) is 0 Å². The third-order valence-corrected chi connectivity index (χ3v) is 6.38. The van der Waals surface area contributed by atoms with Gasteiger partial charge in [-0.25, -0.2) is 9.37 Å². The zero-order valence-electron chi connectivity index (χ0n) is 16.8. The van der Waals surface area contributed by atoms with Crippen LogP contribution in [0, 0.1) is 19.7 Å². The van der Waals surface area contributed by atoms with Crippen LogP contribution in [-0.2, 0) is 12.3 Å². The van der Waals surface area contributed by atoms with E-state index >= 15 is 0 Å². The van der Waals surface area contributed by atoms with Crippen molar-refractivity contribution in [3.8, 4) is 5.75 Å². The van der Waals surface area contributed by atoms with Crippen molar-refractivity contribution in [3.63, 3.8) is 0 Å². The maximum Gasteiger partial charge on any atom is 0.128 e. The van der Waals surface area contributed by atoms with Gasteiger partial charge in [-0.15, -0.1) is 0 Å². The van der Waals surface area contributed by atoms with Crippen molar-refractivity contribution in [3.05, 3.63) is 89.0 Å². The fraction of sp³-hybridized carbons (Fsp3) is 0.208. The van der Waals surface area contributed by atoms with E-state index in [1.807, 2.05) is 36.5 Å². The molecule has 0 aliphatic carbocycles. The van der Waals surface area contributed by atoms with E-state index in [9.17, 15) is 4.39 Å². The number of aromatic nitrogens is 2. The number of hydrogen-bond donors (Lipinski definition) is 0. The first-order chi connectivity index (χ1) is 14.1. The summed E-state index contributed by atoms with van der Waals surface area (Å²) in [6, 6.07) is 17.1. The minimum atomic E-state index is -0.178. The lowest BCUT2D eigenvalue weighted by Gasteiger charge is -2.12. The Morgan fingerprint density at radius 1 is 1.03 bits per heavy atom. The zero-order valence-corrected chi connectivity index (χ0v) is 17.6. The molecule has 0 radical (unpaired) electrons. The van der Waals surface area contributed by atoms with Gasteiger partial charge in [-0.2, -0.15) is 0 Å². The van der Waals surface area contributed by atoms with Crippen LogP contribution in [-0.4, -0.2) is 16.7 Å². The first kappa shape index (κ1) is 19.5. The van der Waals surface area contributed by atoms with Crippen LogP contribution in [0.3, 0.4) is 0 Å². The van der Waals surface area contributed by atoms with Crippen LogP contribution in [0.2, 0.25) is 0 Å². The van der Waals surface area contributed by atoms with E-state index in [-0.39, 0.29) is 5.82 Å². The van der Waals surface area contributed by atoms with Gasteiger partial charge >= 0.3 is 0 Å². The SMILES string of the molecule is COc1ccc(CSc2nccc3c(C)c(C)n(Cc4ccccc4F)c23)cc1. The Morgan fingerprint density at radius 3 is 2.52 bits per heavy atom. The van der Waals surface area contributed by atoms with Crippen LogP contribution in [0.25, 0.3) is 10.9 Å². The number of hydrogen-bond acceptors (Lipinski definition) is 3. The van der Waals surface area contributed by atoms with Gasteiger partial charge in [-0.3, -0.25) is 0 Å². The molecule has 2 aromatic heterocycles. The van der Waals surface area contributed by atoms with E-state index in [4.69, 9.17) is 4.74 Å². The molecule has 2 aromatic carbocycles. The van der Waals surface area contributed by atoms with E-state index in [2.05, 4.69) is 35.5 Å². The van der Waals surface area contributed by atoms with Gasteiger partial charge in [0, 0.05) is 28.6 Å². The first-order valence-electron chi connectivity index (χ1n) is 9.52. The van der Waals surface area contributed by atoms with Crippen molar-refractivity contribution in [2.45, 2.75) is 31.2 Å². The topological polar surface area (TPSA) is 27.1 Å². The van der Waals surface area contributed by atoms with Crippen LogP contribution in [0.5, 0.6) is 5.75 Å². The lowest BCUT2D eigenvalue weighted by molar-refractivity contribution is 0.414. The molecule has 0 fully saturated rings. The Balaban J connectivity index is 1.70. The molecule has 0 N–H and O–H groups in total. The summed E-state index contributed by atoms with van der Waals surface area (Å²) >= 11 is 1.70. The van der Waals surface area contributed by atoms with Crippen molar-refractivity contribution in [1.29, 1.82) is 0 Å². The smallest absolute Gasteiger partial charge is 0.128 e. The molecule has 0 bridgehead atoms. The van der Waals surface area contributed by atoms with E-state index in [0.29, 0.717) is 12.1 Å². The van der Waals surface area contributed by atoms with Gasteiger partial charge in [-0.05, 0) is 49.2 Å². The number of thioether (sulfide) groups is 1. The summed E-state index contributed by atoms with van der Waals surface area (Å²) in [5, 5.41) is 2.14. The Kier molecular flexibility index (Phi) is 5.58. The number of fused-ring (bicyclic) bond motifs is 1. The molecule has 4 aromatic rings. The summed E-state index contributed by atoms with van der Waals surface area (Å²) < 4.78 is 21.7. The normalized spacial score (nSPS) is 11.2. The molecule has 0 unspecified atom stereocenters. The molecule has 0 amide bonds. The molecule has 0 atom stereocenters. The van der Waals surface area contributed by atoms with Crippen molar-refractivity contribution in [2.75, 3.05) is 7.11 Å². The second kappa shape index (κ2) is 8.29. The van der Waals surface area contributed by atoms with Gasteiger partial charge in [0.15, 0.2) is 0 Å². The molecule has 0 saturated heterocycles. The average Bonchev–Trinajstić information content (AvgIpc) is 2.99. The van der Waals surface area contributed by atoms with Crippen LogP contribution >= 0.6 is 11.8 Å². The number of nitrogens with zero attached hydrogens (tertiary/aromatic N) is 2. The number of pyridine rings is 1. The van der Waals surface area contributed by atoms with Gasteiger partial charge in [0.25, 0.3) is 0 Å². The lowest BCUT2D eigenvalue weighted by Crippen LogP contribution is -2.05. The third kappa shape index (κ3) is 3.87. The molecule has 29 heavy (non-hydrogen) atoms. The van der Waals surface area contributed by atoms with Crippen molar-refractivity contribution in [1.82, 2.24) is 9.55 Å². The van der Waals surface area contributed by atoms with Crippen LogP contribution < -0.4 is 4.74 Å². The minimum absolute atomic E-state index is 0.178. The van der Waals surface area contributed by atoms with Crippen molar-refractivity contribution in [2.24, 2.45) is 0 Å². The molecule has 0 saturated carbocycles. The zero-order chi connectivity index (χ0) is 20.4. The molecule has 3 nitrogen and oxygen atoms in total. The van der Waals surface area contributed by atoms with Gasteiger partial charge in [0.05, 0.1) is 19.2 Å². The second-order valence-corrected chi connectivity index (χ2v) is 8.00. The number of rotatable bonds is 6. The number of methoxy groups -OCH3 is 1.